The van der Waals surface area contributed by atoms with Crippen LogP contribution in [0.25, 0.3) is 0 Å². The molecular weight excluding hydrogens is 210 g/mol. The second-order valence-corrected chi connectivity index (χ2v) is 4.89. The first-order valence-corrected chi connectivity index (χ1v) is 6.15. The molecule has 0 radical (unpaired) electrons. The normalized spacial score (nSPS) is 31.6. The number of hydrogen-bond donors (Lipinski definition) is 0. The van der Waals surface area contributed by atoms with Gasteiger partial charge >= 0.3 is 0 Å². The average Bonchev–Trinajstić information content (AvgIpc) is 2.17. The molecule has 1 aliphatic rings. The predicted octanol–water partition coefficient (Wildman–Crippen LogP) is 2.27. The summed E-state index contributed by atoms with van der Waals surface area (Å²) in [7, 11) is 0. The van der Waals surface area contributed by atoms with Crippen LogP contribution < -0.4 is 4.31 Å². The van der Waals surface area contributed by atoms with E-state index in [0.717, 1.165) is 12.1 Å². The molecular formula is C11H15NO2S. The van der Waals surface area contributed by atoms with Crippen LogP contribution in [0.2, 0.25) is 0 Å². The Balaban J connectivity index is 2.25. The second kappa shape index (κ2) is 4.33. The lowest BCUT2D eigenvalue weighted by molar-refractivity contribution is 0.206. The standard InChI is InChI=1S/C11H15NO2S/c1-9-8-10(2)14-15(13)12(9)11-6-4-3-5-7-11/h3-7,9-10H,8H2,1-2H3/t9-,10+,15?/m1/s1. The Kier molecular flexibility index (Phi) is 3.07. The van der Waals surface area contributed by atoms with E-state index in [-0.39, 0.29) is 12.1 Å². The molecule has 0 aliphatic carbocycles. The number of para-hydroxylation sites is 1. The van der Waals surface area contributed by atoms with Crippen molar-refractivity contribution in [3.63, 3.8) is 0 Å². The van der Waals surface area contributed by atoms with Crippen molar-refractivity contribution in [3.8, 4) is 0 Å². The summed E-state index contributed by atoms with van der Waals surface area (Å²) in [5.41, 5.74) is 0.954. The van der Waals surface area contributed by atoms with E-state index in [1.807, 2.05) is 41.6 Å². The fraction of sp³-hybridized carbons (Fsp3) is 0.455. The molecule has 1 aliphatic heterocycles. The van der Waals surface area contributed by atoms with E-state index in [0.29, 0.717) is 0 Å². The largest absolute Gasteiger partial charge is 0.271 e. The molecule has 1 fully saturated rings. The first kappa shape index (κ1) is 10.6. The molecule has 2 rings (SSSR count). The lowest BCUT2D eigenvalue weighted by atomic mass is 10.1. The van der Waals surface area contributed by atoms with Gasteiger partial charge in [-0.25, -0.2) is 4.21 Å². The zero-order chi connectivity index (χ0) is 10.8. The molecule has 1 saturated heterocycles. The Morgan fingerprint density at radius 3 is 2.60 bits per heavy atom. The Morgan fingerprint density at radius 1 is 1.33 bits per heavy atom. The third-order valence-corrected chi connectivity index (χ3v) is 3.88. The zero-order valence-corrected chi connectivity index (χ0v) is 9.74. The summed E-state index contributed by atoms with van der Waals surface area (Å²) >= 11 is -1.36. The third-order valence-electron chi connectivity index (χ3n) is 2.49. The molecule has 0 spiro atoms. The minimum absolute atomic E-state index is 0.0702. The smallest absolute Gasteiger partial charge is 0.265 e. The van der Waals surface area contributed by atoms with Gasteiger partial charge in [0.25, 0.3) is 11.3 Å². The maximum atomic E-state index is 11.8. The quantitative estimate of drug-likeness (QED) is 0.733. The first-order chi connectivity index (χ1) is 7.18. The fourth-order valence-corrected chi connectivity index (χ4v) is 2.99. The van der Waals surface area contributed by atoms with Crippen LogP contribution in [0, 0.1) is 0 Å². The van der Waals surface area contributed by atoms with Crippen molar-refractivity contribution in [2.24, 2.45) is 0 Å². The monoisotopic (exact) mass is 225 g/mol. The van der Waals surface area contributed by atoms with E-state index in [1.54, 1.807) is 0 Å². The molecule has 1 unspecified atom stereocenters. The van der Waals surface area contributed by atoms with Crippen molar-refractivity contribution in [1.29, 1.82) is 0 Å². The van der Waals surface area contributed by atoms with E-state index in [1.165, 1.54) is 0 Å². The van der Waals surface area contributed by atoms with Crippen LogP contribution in [-0.2, 0) is 15.4 Å². The summed E-state index contributed by atoms with van der Waals surface area (Å²) in [6.07, 6.45) is 0.974. The molecule has 0 N–H and O–H groups in total. The van der Waals surface area contributed by atoms with E-state index in [9.17, 15) is 4.21 Å². The Bertz CT molecular complexity index is 355. The van der Waals surface area contributed by atoms with Gasteiger partial charge in [0.1, 0.15) is 0 Å². The van der Waals surface area contributed by atoms with Crippen LogP contribution in [0.5, 0.6) is 0 Å². The number of benzene rings is 1. The number of anilines is 1. The van der Waals surface area contributed by atoms with E-state index in [2.05, 4.69) is 6.92 Å². The Morgan fingerprint density at radius 2 is 2.00 bits per heavy atom. The van der Waals surface area contributed by atoms with Gasteiger partial charge in [0, 0.05) is 6.04 Å². The van der Waals surface area contributed by atoms with Crippen LogP contribution in [0.4, 0.5) is 5.69 Å². The van der Waals surface area contributed by atoms with Gasteiger partial charge < -0.3 is 0 Å². The summed E-state index contributed by atoms with van der Waals surface area (Å²) in [6, 6.07) is 9.98. The van der Waals surface area contributed by atoms with Crippen LogP contribution in [0.15, 0.2) is 30.3 Å². The highest BCUT2D eigenvalue weighted by Gasteiger charge is 2.30. The SMILES string of the molecule is C[C@@H]1C[C@H](C)OS(=O)N1c1ccccc1. The molecule has 1 aromatic rings. The lowest BCUT2D eigenvalue weighted by Crippen LogP contribution is -2.43. The van der Waals surface area contributed by atoms with Crippen molar-refractivity contribution in [3.05, 3.63) is 30.3 Å². The molecule has 0 aromatic heterocycles. The maximum absolute atomic E-state index is 11.8. The molecule has 3 atom stereocenters. The van der Waals surface area contributed by atoms with Gasteiger partial charge in [0.15, 0.2) is 0 Å². The molecule has 15 heavy (non-hydrogen) atoms. The third kappa shape index (κ3) is 2.21. The summed E-state index contributed by atoms with van der Waals surface area (Å²) in [5, 5.41) is 0. The van der Waals surface area contributed by atoms with Crippen molar-refractivity contribution in [2.45, 2.75) is 32.4 Å². The van der Waals surface area contributed by atoms with Gasteiger partial charge in [-0.05, 0) is 32.4 Å². The highest BCUT2D eigenvalue weighted by atomic mass is 32.2. The second-order valence-electron chi connectivity index (χ2n) is 3.87. The molecule has 0 bridgehead atoms. The van der Waals surface area contributed by atoms with Gasteiger partial charge in [-0.1, -0.05) is 18.2 Å². The zero-order valence-electron chi connectivity index (χ0n) is 8.92. The van der Waals surface area contributed by atoms with Crippen molar-refractivity contribution in [2.75, 3.05) is 4.31 Å². The first-order valence-electron chi connectivity index (χ1n) is 5.12. The van der Waals surface area contributed by atoms with Crippen LogP contribution in [0.3, 0.4) is 0 Å². The number of rotatable bonds is 1. The minimum Gasteiger partial charge on any atom is -0.271 e. The van der Waals surface area contributed by atoms with E-state index in [4.69, 9.17) is 4.18 Å². The topological polar surface area (TPSA) is 29.5 Å². The average molecular weight is 225 g/mol. The highest BCUT2D eigenvalue weighted by molar-refractivity contribution is 7.81. The van der Waals surface area contributed by atoms with Crippen LogP contribution in [0.1, 0.15) is 20.3 Å². The number of nitrogens with zero attached hydrogens (tertiary/aromatic N) is 1. The summed E-state index contributed by atoms with van der Waals surface area (Å²) in [5.74, 6) is 0. The predicted molar refractivity (Wildman–Crippen MR) is 61.7 cm³/mol. The molecule has 3 nitrogen and oxygen atoms in total. The summed E-state index contributed by atoms with van der Waals surface area (Å²) < 4.78 is 19.0. The fourth-order valence-electron chi connectivity index (χ4n) is 1.86. The van der Waals surface area contributed by atoms with Crippen LogP contribution in [-0.4, -0.2) is 16.4 Å². The molecule has 82 valence electrons. The van der Waals surface area contributed by atoms with E-state index < -0.39 is 11.3 Å². The van der Waals surface area contributed by atoms with Crippen molar-refractivity contribution in [1.82, 2.24) is 0 Å². The minimum atomic E-state index is -1.36. The van der Waals surface area contributed by atoms with Crippen molar-refractivity contribution < 1.29 is 8.39 Å². The Labute approximate surface area is 92.8 Å². The number of hydrogen-bond acceptors (Lipinski definition) is 2. The Hall–Kier alpha value is -0.870. The van der Waals surface area contributed by atoms with Gasteiger partial charge in [0.2, 0.25) is 0 Å². The molecule has 0 amide bonds. The van der Waals surface area contributed by atoms with Gasteiger partial charge in [-0.15, -0.1) is 0 Å². The summed E-state index contributed by atoms with van der Waals surface area (Å²) in [4.78, 5) is 0. The molecule has 1 aromatic carbocycles. The molecule has 1 heterocycles. The van der Waals surface area contributed by atoms with Gasteiger partial charge in [0.05, 0.1) is 11.8 Å². The molecule has 0 saturated carbocycles. The summed E-state index contributed by atoms with van der Waals surface area (Å²) in [6.45, 7) is 4.03. The highest BCUT2D eigenvalue weighted by Crippen LogP contribution is 2.26. The van der Waals surface area contributed by atoms with E-state index >= 15 is 0 Å². The van der Waals surface area contributed by atoms with Crippen molar-refractivity contribution >= 4 is 17.0 Å². The molecule has 4 heteroatoms. The van der Waals surface area contributed by atoms with Gasteiger partial charge in [-0.2, -0.15) is 0 Å². The van der Waals surface area contributed by atoms with Crippen LogP contribution >= 0.6 is 0 Å². The maximum Gasteiger partial charge on any atom is 0.265 e. The lowest BCUT2D eigenvalue weighted by Gasteiger charge is -2.35. The van der Waals surface area contributed by atoms with Gasteiger partial charge in [-0.3, -0.25) is 8.49 Å².